The van der Waals surface area contributed by atoms with Gasteiger partial charge in [-0.2, -0.15) is 36.4 Å². The van der Waals surface area contributed by atoms with Gasteiger partial charge in [0.15, 0.2) is 0 Å². The molecule has 199 valence electrons. The summed E-state index contributed by atoms with van der Waals surface area (Å²) in [6.07, 6.45) is 0. The molecule has 0 aliphatic rings. The van der Waals surface area contributed by atoms with Crippen molar-refractivity contribution in [2.45, 2.75) is 0 Å². The van der Waals surface area contributed by atoms with E-state index in [1.165, 1.54) is 60.1 Å². The molecule has 0 aliphatic heterocycles. The van der Waals surface area contributed by atoms with E-state index in [0.29, 0.717) is 0 Å². The van der Waals surface area contributed by atoms with Gasteiger partial charge < -0.3 is 0 Å². The molecule has 0 aliphatic carbocycles. The third-order valence-electron chi connectivity index (χ3n) is 8.29. The fourth-order valence-corrected chi connectivity index (χ4v) is 6.36. The van der Waals surface area contributed by atoms with Crippen LogP contribution in [0.3, 0.4) is 0 Å². The van der Waals surface area contributed by atoms with E-state index in [4.69, 9.17) is 0 Å². The Morgan fingerprint density at radius 1 is 0.372 bits per heavy atom. The van der Waals surface area contributed by atoms with Crippen LogP contribution in [0.25, 0.3) is 76.8 Å². The molecule has 1 heteroatoms. The molecule has 0 saturated carbocycles. The summed E-state index contributed by atoms with van der Waals surface area (Å²) in [7, 11) is 0. The molecule has 0 heterocycles. The fourth-order valence-electron chi connectivity index (χ4n) is 6.36. The normalized spacial score (nSPS) is 11.1. The molecular formula is C42H26Y-2. The van der Waals surface area contributed by atoms with Gasteiger partial charge in [-0.15, -0.1) is 23.8 Å². The van der Waals surface area contributed by atoms with E-state index in [0.717, 1.165) is 16.7 Å². The number of rotatable bonds is 4. The number of benzene rings is 8. The first kappa shape index (κ1) is 27.5. The smallest absolute Gasteiger partial charge is 0 e. The van der Waals surface area contributed by atoms with Gasteiger partial charge in [-0.3, -0.25) is 0 Å². The molecule has 1 radical (unpaired) electrons. The van der Waals surface area contributed by atoms with Gasteiger partial charge in [0.2, 0.25) is 0 Å². The van der Waals surface area contributed by atoms with Crippen LogP contribution in [0.2, 0.25) is 0 Å². The van der Waals surface area contributed by atoms with Crippen LogP contribution in [0, 0.1) is 12.1 Å². The third kappa shape index (κ3) is 4.92. The molecule has 0 saturated heterocycles. The maximum Gasteiger partial charge on any atom is 0 e. The van der Waals surface area contributed by atoms with Gasteiger partial charge in [-0.1, -0.05) is 115 Å². The SMILES string of the molecule is [Y].[c-]1ccccc1-c1[c-]cccc1-c1ccc(-c2c3ccccc3c(-c3ccc4ccccc4c3)c3ccccc23)cc1. The monoisotopic (exact) mass is 619 g/mol. The molecule has 0 atom stereocenters. The molecule has 0 nitrogen and oxygen atoms in total. The number of hydrogen-bond donors (Lipinski definition) is 0. The average molecular weight is 620 g/mol. The third-order valence-corrected chi connectivity index (χ3v) is 8.29. The first-order valence-corrected chi connectivity index (χ1v) is 14.4. The standard InChI is InChI=1S/C42H26.Y/c1-2-13-30(14-3-1)35-16-6-7-17-36(35)31-23-25-32(26-24-31)41-37-18-8-10-20-39(37)42(40-21-11-9-19-38(40)41)34-27-22-29-12-4-5-15-33(29)28-34;/h1-13,15,17-28H;/q-2;. The van der Waals surface area contributed by atoms with Gasteiger partial charge in [0.1, 0.15) is 0 Å². The molecule has 0 unspecified atom stereocenters. The minimum atomic E-state index is 0. The Bertz CT molecular complexity index is 2170. The summed E-state index contributed by atoms with van der Waals surface area (Å²) in [5.74, 6) is 0. The second kappa shape index (κ2) is 11.7. The second-order valence-corrected chi connectivity index (χ2v) is 10.7. The summed E-state index contributed by atoms with van der Waals surface area (Å²) in [5, 5.41) is 7.58. The van der Waals surface area contributed by atoms with Gasteiger partial charge in [-0.25, -0.2) is 11.1 Å². The van der Waals surface area contributed by atoms with Crippen molar-refractivity contribution in [1.82, 2.24) is 0 Å². The van der Waals surface area contributed by atoms with Crippen LogP contribution in [-0.2, 0) is 32.7 Å². The number of hydrogen-bond acceptors (Lipinski definition) is 0. The largest absolute Gasteiger partial charge is 0.226 e. The van der Waals surface area contributed by atoms with Crippen LogP contribution in [0.15, 0.2) is 158 Å². The molecule has 43 heavy (non-hydrogen) atoms. The Morgan fingerprint density at radius 3 is 1.56 bits per heavy atom. The van der Waals surface area contributed by atoms with Crippen molar-refractivity contribution in [3.8, 4) is 44.5 Å². The fraction of sp³-hybridized carbons (Fsp3) is 0. The van der Waals surface area contributed by atoms with Crippen molar-refractivity contribution >= 4 is 32.3 Å². The van der Waals surface area contributed by atoms with E-state index in [2.05, 4.69) is 152 Å². The second-order valence-electron chi connectivity index (χ2n) is 10.7. The van der Waals surface area contributed by atoms with E-state index >= 15 is 0 Å². The molecule has 0 spiro atoms. The van der Waals surface area contributed by atoms with E-state index in [-0.39, 0.29) is 32.7 Å². The van der Waals surface area contributed by atoms with Crippen LogP contribution in [0.5, 0.6) is 0 Å². The van der Waals surface area contributed by atoms with Crippen LogP contribution >= 0.6 is 0 Å². The zero-order valence-electron chi connectivity index (χ0n) is 23.6. The Hall–Kier alpha value is -4.36. The van der Waals surface area contributed by atoms with Crippen molar-refractivity contribution < 1.29 is 32.7 Å². The molecule has 8 aromatic carbocycles. The summed E-state index contributed by atoms with van der Waals surface area (Å²) in [6, 6.07) is 63.3. The zero-order valence-corrected chi connectivity index (χ0v) is 26.4. The van der Waals surface area contributed by atoms with Crippen LogP contribution < -0.4 is 0 Å². The predicted molar refractivity (Wildman–Crippen MR) is 178 cm³/mol. The predicted octanol–water partition coefficient (Wildman–Crippen LogP) is 11.4. The van der Waals surface area contributed by atoms with Crippen molar-refractivity contribution in [2.24, 2.45) is 0 Å². The van der Waals surface area contributed by atoms with Crippen LogP contribution in [0.1, 0.15) is 0 Å². The van der Waals surface area contributed by atoms with E-state index < -0.39 is 0 Å². The molecule has 8 aromatic rings. The topological polar surface area (TPSA) is 0 Å². The van der Waals surface area contributed by atoms with Crippen LogP contribution in [0.4, 0.5) is 0 Å². The van der Waals surface area contributed by atoms with Gasteiger partial charge in [0.05, 0.1) is 0 Å². The van der Waals surface area contributed by atoms with Crippen molar-refractivity contribution in [1.29, 1.82) is 0 Å². The molecule has 0 amide bonds. The quantitative estimate of drug-likeness (QED) is 0.136. The Balaban J connectivity index is 0.00000300. The minimum Gasteiger partial charge on any atom is -0.226 e. The summed E-state index contributed by atoms with van der Waals surface area (Å²) in [4.78, 5) is 0. The molecule has 0 fully saturated rings. The number of fused-ring (bicyclic) bond motifs is 3. The molecule has 0 N–H and O–H groups in total. The van der Waals surface area contributed by atoms with Gasteiger partial charge in [-0.05, 0) is 60.6 Å². The van der Waals surface area contributed by atoms with E-state index in [1.807, 2.05) is 18.2 Å². The minimum absolute atomic E-state index is 0. The summed E-state index contributed by atoms with van der Waals surface area (Å²) < 4.78 is 0. The Kier molecular flexibility index (Phi) is 7.50. The Labute approximate surface area is 277 Å². The average Bonchev–Trinajstić information content (AvgIpc) is 3.07. The maximum absolute atomic E-state index is 3.45. The summed E-state index contributed by atoms with van der Waals surface area (Å²) in [6.45, 7) is 0. The van der Waals surface area contributed by atoms with Gasteiger partial charge in [0, 0.05) is 32.7 Å². The first-order chi connectivity index (χ1) is 20.8. The first-order valence-electron chi connectivity index (χ1n) is 14.4. The zero-order chi connectivity index (χ0) is 27.9. The van der Waals surface area contributed by atoms with Gasteiger partial charge >= 0.3 is 0 Å². The molecule has 0 aromatic heterocycles. The van der Waals surface area contributed by atoms with Crippen molar-refractivity contribution in [3.05, 3.63) is 170 Å². The summed E-state index contributed by atoms with van der Waals surface area (Å²) >= 11 is 0. The van der Waals surface area contributed by atoms with E-state index in [9.17, 15) is 0 Å². The molecule has 8 rings (SSSR count). The van der Waals surface area contributed by atoms with E-state index in [1.54, 1.807) is 0 Å². The van der Waals surface area contributed by atoms with Crippen molar-refractivity contribution in [3.63, 3.8) is 0 Å². The van der Waals surface area contributed by atoms with Crippen molar-refractivity contribution in [2.75, 3.05) is 0 Å². The molecular weight excluding hydrogens is 593 g/mol. The van der Waals surface area contributed by atoms with Crippen LogP contribution in [-0.4, -0.2) is 0 Å². The Morgan fingerprint density at radius 2 is 0.907 bits per heavy atom. The maximum atomic E-state index is 3.45. The molecule has 0 bridgehead atoms. The summed E-state index contributed by atoms with van der Waals surface area (Å²) in [5.41, 5.74) is 9.47. The van der Waals surface area contributed by atoms with Gasteiger partial charge in [0.25, 0.3) is 0 Å².